The number of ether oxygens (including phenoxy) is 1. The summed E-state index contributed by atoms with van der Waals surface area (Å²) >= 11 is 0. The first-order valence-corrected chi connectivity index (χ1v) is 9.52. The number of rotatable bonds is 6. The van der Waals surface area contributed by atoms with E-state index in [0.29, 0.717) is 23.7 Å². The molecule has 2 heterocycles. The predicted octanol–water partition coefficient (Wildman–Crippen LogP) is 3.14. The number of hydrogen-bond acceptors (Lipinski definition) is 6. The minimum Gasteiger partial charge on any atom is -0.496 e. The van der Waals surface area contributed by atoms with Gasteiger partial charge in [0, 0.05) is 24.1 Å². The number of anilines is 1. The van der Waals surface area contributed by atoms with Crippen molar-refractivity contribution in [2.75, 3.05) is 32.1 Å². The quantitative estimate of drug-likeness (QED) is 0.769. The zero-order chi connectivity index (χ0) is 20.3. The molecule has 150 valence electrons. The van der Waals surface area contributed by atoms with E-state index in [9.17, 15) is 9.59 Å². The van der Waals surface area contributed by atoms with E-state index in [4.69, 9.17) is 9.26 Å². The third kappa shape index (κ3) is 4.59. The summed E-state index contributed by atoms with van der Waals surface area (Å²) in [5, 5.41) is 6.50. The molecule has 1 atom stereocenters. The molecule has 0 bridgehead atoms. The van der Waals surface area contributed by atoms with Gasteiger partial charge in [0.2, 0.25) is 5.91 Å². The standard InChI is InChI=1S/C21H27N3O4/c1-13-8-17(9-14(2)21(13)27-4)20(26)16-6-5-7-24(11-16)12-19(25)22-18-10-15(3)28-23-18/h8-10,16H,5-7,11-12H2,1-4H3,(H,22,23,25)/t16-/m0/s1. The highest BCUT2D eigenvalue weighted by Gasteiger charge is 2.28. The average molecular weight is 385 g/mol. The van der Waals surface area contributed by atoms with Gasteiger partial charge in [-0.25, -0.2) is 0 Å². The van der Waals surface area contributed by atoms with Gasteiger partial charge in [0.05, 0.1) is 13.7 Å². The first-order chi connectivity index (χ1) is 13.4. The molecule has 0 unspecified atom stereocenters. The van der Waals surface area contributed by atoms with Gasteiger partial charge in [0.25, 0.3) is 0 Å². The van der Waals surface area contributed by atoms with Gasteiger partial charge < -0.3 is 14.6 Å². The Kier molecular flexibility index (Phi) is 6.14. The summed E-state index contributed by atoms with van der Waals surface area (Å²) in [6, 6.07) is 5.47. The second kappa shape index (κ2) is 8.56. The Morgan fingerprint density at radius 3 is 2.57 bits per heavy atom. The molecule has 1 aromatic heterocycles. The van der Waals surface area contributed by atoms with Gasteiger partial charge >= 0.3 is 0 Å². The lowest BCUT2D eigenvalue weighted by Gasteiger charge is -2.31. The summed E-state index contributed by atoms with van der Waals surface area (Å²) in [4.78, 5) is 27.3. The summed E-state index contributed by atoms with van der Waals surface area (Å²) in [5.41, 5.74) is 2.63. The maximum absolute atomic E-state index is 13.0. The van der Waals surface area contributed by atoms with Crippen molar-refractivity contribution in [2.45, 2.75) is 33.6 Å². The first kappa shape index (κ1) is 20.1. The number of methoxy groups -OCH3 is 1. The van der Waals surface area contributed by atoms with Gasteiger partial charge in [0.15, 0.2) is 11.6 Å². The summed E-state index contributed by atoms with van der Waals surface area (Å²) in [6.45, 7) is 7.28. The van der Waals surface area contributed by atoms with Crippen LogP contribution in [0.3, 0.4) is 0 Å². The molecule has 1 N–H and O–H groups in total. The van der Waals surface area contributed by atoms with E-state index in [1.807, 2.05) is 30.9 Å². The summed E-state index contributed by atoms with van der Waals surface area (Å²) in [5.74, 6) is 1.74. The molecule has 2 aromatic rings. The average Bonchev–Trinajstić information content (AvgIpc) is 3.05. The SMILES string of the molecule is COc1c(C)cc(C(=O)[C@H]2CCCN(CC(=O)Nc3cc(C)on3)C2)cc1C. The molecule has 28 heavy (non-hydrogen) atoms. The molecule has 1 aliphatic heterocycles. The number of carbonyl (C=O) groups is 2. The fourth-order valence-corrected chi connectivity index (χ4v) is 3.87. The molecular formula is C21H27N3O4. The molecule has 1 fully saturated rings. The Morgan fingerprint density at radius 2 is 1.96 bits per heavy atom. The Labute approximate surface area is 165 Å². The molecular weight excluding hydrogens is 358 g/mol. The highest BCUT2D eigenvalue weighted by Crippen LogP contribution is 2.27. The van der Waals surface area contributed by atoms with E-state index in [1.165, 1.54) is 0 Å². The number of Topliss-reactive ketones (excluding diaryl/α,β-unsaturated/α-hetero) is 1. The molecule has 0 saturated carbocycles. The van der Waals surface area contributed by atoms with E-state index in [1.54, 1.807) is 20.1 Å². The van der Waals surface area contributed by atoms with Crippen LogP contribution in [0.5, 0.6) is 5.75 Å². The molecule has 0 radical (unpaired) electrons. The number of nitrogens with zero attached hydrogens (tertiary/aromatic N) is 2. The van der Waals surface area contributed by atoms with Crippen molar-refractivity contribution in [1.29, 1.82) is 0 Å². The lowest BCUT2D eigenvalue weighted by molar-refractivity contribution is -0.117. The van der Waals surface area contributed by atoms with E-state index in [2.05, 4.69) is 10.5 Å². The molecule has 1 aromatic carbocycles. The van der Waals surface area contributed by atoms with E-state index in [-0.39, 0.29) is 24.2 Å². The number of ketones is 1. The van der Waals surface area contributed by atoms with Crippen LogP contribution in [0, 0.1) is 26.7 Å². The Morgan fingerprint density at radius 1 is 1.25 bits per heavy atom. The normalized spacial score (nSPS) is 17.4. The summed E-state index contributed by atoms with van der Waals surface area (Å²) < 4.78 is 10.3. The van der Waals surface area contributed by atoms with Crippen LogP contribution in [0.15, 0.2) is 22.7 Å². The second-order valence-corrected chi connectivity index (χ2v) is 7.45. The smallest absolute Gasteiger partial charge is 0.239 e. The van der Waals surface area contributed by atoms with E-state index >= 15 is 0 Å². The summed E-state index contributed by atoms with van der Waals surface area (Å²) in [7, 11) is 1.64. The zero-order valence-electron chi connectivity index (χ0n) is 16.9. The van der Waals surface area contributed by atoms with Crippen molar-refractivity contribution >= 4 is 17.5 Å². The van der Waals surface area contributed by atoms with Crippen LogP contribution >= 0.6 is 0 Å². The Balaban J connectivity index is 1.62. The number of nitrogens with one attached hydrogen (secondary N) is 1. The van der Waals surface area contributed by atoms with Crippen molar-refractivity contribution in [3.8, 4) is 5.75 Å². The molecule has 7 heteroatoms. The number of likely N-dealkylation sites (tertiary alicyclic amines) is 1. The van der Waals surface area contributed by atoms with Crippen molar-refractivity contribution in [1.82, 2.24) is 10.1 Å². The number of aryl methyl sites for hydroxylation is 3. The third-order valence-electron chi connectivity index (χ3n) is 5.09. The number of hydrogen-bond donors (Lipinski definition) is 1. The van der Waals surface area contributed by atoms with Gasteiger partial charge in [-0.15, -0.1) is 0 Å². The highest BCUT2D eigenvalue weighted by atomic mass is 16.5. The van der Waals surface area contributed by atoms with Crippen LogP contribution in [0.2, 0.25) is 0 Å². The van der Waals surface area contributed by atoms with E-state index in [0.717, 1.165) is 36.3 Å². The maximum Gasteiger partial charge on any atom is 0.239 e. The number of amides is 1. The van der Waals surface area contributed by atoms with Gasteiger partial charge in [-0.3, -0.25) is 14.5 Å². The van der Waals surface area contributed by atoms with Gasteiger partial charge in [-0.05, 0) is 63.4 Å². The van der Waals surface area contributed by atoms with Crippen LogP contribution < -0.4 is 10.1 Å². The molecule has 1 amide bonds. The monoisotopic (exact) mass is 385 g/mol. The molecule has 7 nitrogen and oxygen atoms in total. The lowest BCUT2D eigenvalue weighted by atomic mass is 9.88. The highest BCUT2D eigenvalue weighted by molar-refractivity contribution is 5.98. The lowest BCUT2D eigenvalue weighted by Crippen LogP contribution is -2.42. The molecule has 1 aliphatic rings. The number of benzene rings is 1. The van der Waals surface area contributed by atoms with Crippen LogP contribution in [0.4, 0.5) is 5.82 Å². The summed E-state index contributed by atoms with van der Waals surface area (Å²) in [6.07, 6.45) is 1.73. The van der Waals surface area contributed by atoms with Crippen molar-refractivity contribution in [3.05, 3.63) is 40.6 Å². The minimum absolute atomic E-state index is 0.108. The molecule has 0 aliphatic carbocycles. The van der Waals surface area contributed by atoms with Crippen LogP contribution in [0.25, 0.3) is 0 Å². The fourth-order valence-electron chi connectivity index (χ4n) is 3.87. The van der Waals surface area contributed by atoms with Crippen molar-refractivity contribution in [3.63, 3.8) is 0 Å². The minimum atomic E-state index is -0.155. The van der Waals surface area contributed by atoms with Gasteiger partial charge in [-0.1, -0.05) is 5.16 Å². The predicted molar refractivity (Wildman–Crippen MR) is 106 cm³/mol. The Bertz CT molecular complexity index is 851. The Hall–Kier alpha value is -2.67. The number of piperidine rings is 1. The number of aromatic nitrogens is 1. The first-order valence-electron chi connectivity index (χ1n) is 9.52. The molecule has 0 spiro atoms. The van der Waals surface area contributed by atoms with Gasteiger partial charge in [-0.2, -0.15) is 0 Å². The van der Waals surface area contributed by atoms with Crippen molar-refractivity contribution in [2.24, 2.45) is 5.92 Å². The number of carbonyl (C=O) groups excluding carboxylic acids is 2. The van der Waals surface area contributed by atoms with Gasteiger partial charge in [0.1, 0.15) is 11.5 Å². The van der Waals surface area contributed by atoms with E-state index < -0.39 is 0 Å². The molecule has 3 rings (SSSR count). The molecule has 1 saturated heterocycles. The fraction of sp³-hybridized carbons (Fsp3) is 0.476. The van der Waals surface area contributed by atoms with Crippen LogP contribution in [0.1, 0.15) is 40.1 Å². The van der Waals surface area contributed by atoms with Crippen molar-refractivity contribution < 1.29 is 18.8 Å². The second-order valence-electron chi connectivity index (χ2n) is 7.45. The third-order valence-corrected chi connectivity index (χ3v) is 5.09. The van der Waals surface area contributed by atoms with Crippen LogP contribution in [-0.4, -0.2) is 48.5 Å². The zero-order valence-corrected chi connectivity index (χ0v) is 16.9. The van der Waals surface area contributed by atoms with Crippen LogP contribution in [-0.2, 0) is 4.79 Å². The topological polar surface area (TPSA) is 84.7 Å². The maximum atomic E-state index is 13.0. The largest absolute Gasteiger partial charge is 0.496 e.